The van der Waals surface area contributed by atoms with Crippen LogP contribution < -0.4 is 5.32 Å². The lowest BCUT2D eigenvalue weighted by Gasteiger charge is -2.19. The Morgan fingerprint density at radius 3 is 2.72 bits per heavy atom. The maximum absolute atomic E-state index is 11.9. The summed E-state index contributed by atoms with van der Waals surface area (Å²) >= 11 is 0. The number of rotatable bonds is 7. The average Bonchev–Trinajstić information content (AvgIpc) is 2.66. The number of carbonyl (C=O) groups excluding carboxylic acids is 1. The first-order valence-electron chi connectivity index (χ1n) is 6.23. The maximum atomic E-state index is 11.9. The van der Waals surface area contributed by atoms with E-state index >= 15 is 0 Å². The fraction of sp³-hybridized carbons (Fsp3) is 0.667. The van der Waals surface area contributed by atoms with Gasteiger partial charge < -0.3 is 10.4 Å². The van der Waals surface area contributed by atoms with Gasteiger partial charge in [0.1, 0.15) is 0 Å². The molecule has 1 heterocycles. The number of hydrogen-bond acceptors (Lipinski definition) is 4. The summed E-state index contributed by atoms with van der Waals surface area (Å²) in [6, 6.07) is 0. The third-order valence-electron chi connectivity index (χ3n) is 2.84. The lowest BCUT2D eigenvalue weighted by Crippen LogP contribution is -2.34. The first-order valence-corrected chi connectivity index (χ1v) is 6.23. The van der Waals surface area contributed by atoms with Crippen LogP contribution in [-0.4, -0.2) is 52.4 Å². The van der Waals surface area contributed by atoms with E-state index in [0.717, 1.165) is 30.2 Å². The lowest BCUT2D eigenvalue weighted by atomic mass is 10.3. The Kier molecular flexibility index (Phi) is 5.80. The third kappa shape index (κ3) is 4.12. The number of aliphatic hydroxyl groups is 1. The number of aliphatic hydroxyl groups excluding tert-OH is 1. The molecule has 0 aromatic carbocycles. The summed E-state index contributed by atoms with van der Waals surface area (Å²) < 4.78 is 0. The summed E-state index contributed by atoms with van der Waals surface area (Å²) in [5.41, 5.74) is 2.41. The average molecular weight is 254 g/mol. The summed E-state index contributed by atoms with van der Waals surface area (Å²) in [6.45, 7) is 7.72. The second kappa shape index (κ2) is 7.13. The monoisotopic (exact) mass is 254 g/mol. The van der Waals surface area contributed by atoms with E-state index in [-0.39, 0.29) is 12.5 Å². The Hall–Kier alpha value is -1.40. The number of likely N-dealkylation sites (N-methyl/N-ethyl adjacent to an activating group) is 1. The van der Waals surface area contributed by atoms with E-state index in [1.807, 2.05) is 25.7 Å². The zero-order valence-corrected chi connectivity index (χ0v) is 11.3. The van der Waals surface area contributed by atoms with Crippen molar-refractivity contribution in [1.82, 2.24) is 15.1 Å². The molecule has 0 aliphatic rings. The van der Waals surface area contributed by atoms with Gasteiger partial charge >= 0.3 is 0 Å². The molecular formula is C12H22N4O2. The number of H-pyrrole nitrogens is 1. The SMILES string of the molecule is CCN(CCCO)CC(=O)Nc1c(C)n[nH]c1C. The fourth-order valence-electron chi connectivity index (χ4n) is 1.76. The van der Waals surface area contributed by atoms with Gasteiger partial charge in [-0.05, 0) is 26.8 Å². The molecule has 18 heavy (non-hydrogen) atoms. The Morgan fingerprint density at radius 2 is 2.22 bits per heavy atom. The molecule has 0 aliphatic carbocycles. The molecule has 1 aromatic heterocycles. The van der Waals surface area contributed by atoms with Crippen LogP contribution >= 0.6 is 0 Å². The Labute approximate surface area is 107 Å². The van der Waals surface area contributed by atoms with E-state index < -0.39 is 0 Å². The van der Waals surface area contributed by atoms with E-state index in [4.69, 9.17) is 5.11 Å². The number of hydrogen-bond donors (Lipinski definition) is 3. The van der Waals surface area contributed by atoms with Gasteiger partial charge in [0.2, 0.25) is 5.91 Å². The van der Waals surface area contributed by atoms with Gasteiger partial charge in [0.15, 0.2) is 0 Å². The number of aromatic nitrogens is 2. The first-order chi connectivity index (χ1) is 8.58. The van der Waals surface area contributed by atoms with Crippen molar-refractivity contribution in [3.8, 4) is 0 Å². The van der Waals surface area contributed by atoms with Crippen molar-refractivity contribution in [3.05, 3.63) is 11.4 Å². The predicted octanol–water partition coefficient (Wildman–Crippen LogP) is 0.669. The molecule has 0 atom stereocenters. The molecule has 3 N–H and O–H groups in total. The Balaban J connectivity index is 2.50. The lowest BCUT2D eigenvalue weighted by molar-refractivity contribution is -0.117. The minimum absolute atomic E-state index is 0.0533. The van der Waals surface area contributed by atoms with E-state index in [2.05, 4.69) is 15.5 Å². The summed E-state index contributed by atoms with van der Waals surface area (Å²) in [5.74, 6) is -0.0533. The highest BCUT2D eigenvalue weighted by Crippen LogP contribution is 2.15. The molecule has 0 saturated heterocycles. The maximum Gasteiger partial charge on any atom is 0.238 e. The van der Waals surface area contributed by atoms with Crippen LogP contribution in [0.2, 0.25) is 0 Å². The zero-order valence-electron chi connectivity index (χ0n) is 11.3. The standard InChI is InChI=1S/C12H22N4O2/c1-4-16(6-5-7-17)8-11(18)13-12-9(2)14-15-10(12)3/h17H,4-8H2,1-3H3,(H,13,18)(H,14,15). The van der Waals surface area contributed by atoms with Gasteiger partial charge in [-0.15, -0.1) is 0 Å². The van der Waals surface area contributed by atoms with Crippen molar-refractivity contribution < 1.29 is 9.90 Å². The molecular weight excluding hydrogens is 232 g/mol. The number of aryl methyl sites for hydroxylation is 2. The topological polar surface area (TPSA) is 81.2 Å². The van der Waals surface area contributed by atoms with Crippen LogP contribution in [-0.2, 0) is 4.79 Å². The summed E-state index contributed by atoms with van der Waals surface area (Å²) in [4.78, 5) is 13.9. The van der Waals surface area contributed by atoms with Crippen molar-refractivity contribution in [3.63, 3.8) is 0 Å². The summed E-state index contributed by atoms with van der Waals surface area (Å²) in [7, 11) is 0. The van der Waals surface area contributed by atoms with Gasteiger partial charge in [-0.2, -0.15) is 5.10 Å². The number of carbonyl (C=O) groups is 1. The van der Waals surface area contributed by atoms with Crippen molar-refractivity contribution in [1.29, 1.82) is 0 Å². The van der Waals surface area contributed by atoms with Crippen LogP contribution in [0.5, 0.6) is 0 Å². The number of amides is 1. The van der Waals surface area contributed by atoms with Crippen molar-refractivity contribution in [2.24, 2.45) is 0 Å². The molecule has 1 rings (SSSR count). The second-order valence-electron chi connectivity index (χ2n) is 4.30. The normalized spacial score (nSPS) is 10.9. The van der Waals surface area contributed by atoms with Gasteiger partial charge in [-0.1, -0.05) is 6.92 Å². The molecule has 0 saturated carbocycles. The van der Waals surface area contributed by atoms with E-state index in [1.165, 1.54) is 0 Å². The molecule has 6 nitrogen and oxygen atoms in total. The van der Waals surface area contributed by atoms with Gasteiger partial charge in [0.05, 0.1) is 23.6 Å². The molecule has 1 amide bonds. The van der Waals surface area contributed by atoms with Gasteiger partial charge in [-0.25, -0.2) is 0 Å². The highest BCUT2D eigenvalue weighted by Gasteiger charge is 2.12. The van der Waals surface area contributed by atoms with Crippen LogP contribution in [0.1, 0.15) is 24.7 Å². The largest absolute Gasteiger partial charge is 0.396 e. The van der Waals surface area contributed by atoms with Gasteiger partial charge in [0.25, 0.3) is 0 Å². The summed E-state index contributed by atoms with van der Waals surface area (Å²) in [5, 5.41) is 18.5. The van der Waals surface area contributed by atoms with Crippen LogP contribution in [0.25, 0.3) is 0 Å². The first kappa shape index (κ1) is 14.7. The second-order valence-corrected chi connectivity index (χ2v) is 4.30. The molecule has 0 radical (unpaired) electrons. The van der Waals surface area contributed by atoms with Gasteiger partial charge in [0, 0.05) is 13.2 Å². The van der Waals surface area contributed by atoms with Crippen LogP contribution in [0.15, 0.2) is 0 Å². The number of anilines is 1. The van der Waals surface area contributed by atoms with Crippen LogP contribution in [0, 0.1) is 13.8 Å². The van der Waals surface area contributed by atoms with Crippen molar-refractivity contribution in [2.75, 3.05) is 31.6 Å². The van der Waals surface area contributed by atoms with Gasteiger partial charge in [-0.3, -0.25) is 14.8 Å². The molecule has 1 aromatic rings. The molecule has 0 spiro atoms. The van der Waals surface area contributed by atoms with E-state index in [9.17, 15) is 4.79 Å². The molecule has 102 valence electrons. The van der Waals surface area contributed by atoms with Crippen molar-refractivity contribution in [2.45, 2.75) is 27.2 Å². The minimum atomic E-state index is -0.0533. The Morgan fingerprint density at radius 1 is 1.50 bits per heavy atom. The highest BCUT2D eigenvalue weighted by atomic mass is 16.3. The number of nitrogens with zero attached hydrogens (tertiary/aromatic N) is 2. The number of aromatic amines is 1. The van der Waals surface area contributed by atoms with Crippen LogP contribution in [0.3, 0.4) is 0 Å². The number of nitrogens with one attached hydrogen (secondary N) is 2. The molecule has 0 aliphatic heterocycles. The minimum Gasteiger partial charge on any atom is -0.396 e. The molecule has 6 heteroatoms. The fourth-order valence-corrected chi connectivity index (χ4v) is 1.76. The summed E-state index contributed by atoms with van der Waals surface area (Å²) in [6.07, 6.45) is 0.685. The van der Waals surface area contributed by atoms with Crippen molar-refractivity contribution >= 4 is 11.6 Å². The highest BCUT2D eigenvalue weighted by molar-refractivity contribution is 5.93. The molecule has 0 unspecified atom stereocenters. The molecule has 0 fully saturated rings. The van der Waals surface area contributed by atoms with Crippen LogP contribution in [0.4, 0.5) is 5.69 Å². The molecule has 0 bridgehead atoms. The Bertz CT molecular complexity index is 370. The van der Waals surface area contributed by atoms with E-state index in [1.54, 1.807) is 0 Å². The smallest absolute Gasteiger partial charge is 0.238 e. The zero-order chi connectivity index (χ0) is 13.5. The quantitative estimate of drug-likeness (QED) is 0.668. The van der Waals surface area contributed by atoms with E-state index in [0.29, 0.717) is 13.0 Å². The predicted molar refractivity (Wildman–Crippen MR) is 70.5 cm³/mol. The third-order valence-corrected chi connectivity index (χ3v) is 2.84.